The number of methoxy groups -OCH3 is 1. The van der Waals surface area contributed by atoms with Gasteiger partial charge in [0.1, 0.15) is 11.3 Å². The van der Waals surface area contributed by atoms with E-state index in [-0.39, 0.29) is 44.0 Å². The fourth-order valence-electron chi connectivity index (χ4n) is 2.86. The number of carbonyl (C=O) groups is 2. The topological polar surface area (TPSA) is 67.9 Å². The summed E-state index contributed by atoms with van der Waals surface area (Å²) in [5, 5.41) is 2.77. The Kier molecular flexibility index (Phi) is 4.16. The Hall–Kier alpha value is -2.22. The second kappa shape index (κ2) is 6.11. The summed E-state index contributed by atoms with van der Waals surface area (Å²) in [5.74, 6) is -3.85. The minimum absolute atomic E-state index is 0.0427. The Labute approximate surface area is 131 Å². The molecule has 2 amide bonds. The molecule has 1 aromatic rings. The van der Waals surface area contributed by atoms with E-state index in [0.717, 1.165) is 6.07 Å². The number of amides is 2. The van der Waals surface area contributed by atoms with Crippen molar-refractivity contribution in [2.75, 3.05) is 33.4 Å². The molecule has 0 saturated carbocycles. The van der Waals surface area contributed by atoms with Crippen molar-refractivity contribution in [3.63, 3.8) is 0 Å². The zero-order chi connectivity index (χ0) is 16.6. The fraction of sp³-hybridized carbons (Fsp3) is 0.467. The Balaban J connectivity index is 1.95. The predicted molar refractivity (Wildman–Crippen MR) is 75.1 cm³/mol. The third kappa shape index (κ3) is 2.86. The first-order valence-electron chi connectivity index (χ1n) is 7.20. The molecule has 0 aliphatic carbocycles. The third-order valence-corrected chi connectivity index (χ3v) is 4.01. The van der Waals surface area contributed by atoms with Gasteiger partial charge in [0.05, 0.1) is 32.3 Å². The maximum absolute atomic E-state index is 14.1. The molecule has 8 heteroatoms. The lowest BCUT2D eigenvalue weighted by molar-refractivity contribution is -0.125. The quantitative estimate of drug-likeness (QED) is 0.862. The van der Waals surface area contributed by atoms with Crippen LogP contribution in [0.4, 0.5) is 8.78 Å². The fourth-order valence-corrected chi connectivity index (χ4v) is 2.86. The van der Waals surface area contributed by atoms with E-state index < -0.39 is 29.0 Å². The van der Waals surface area contributed by atoms with Crippen molar-refractivity contribution in [3.05, 3.63) is 29.3 Å². The molecule has 2 aliphatic heterocycles. The first-order valence-corrected chi connectivity index (χ1v) is 7.20. The van der Waals surface area contributed by atoms with Crippen LogP contribution in [0.15, 0.2) is 12.1 Å². The molecular weight excluding hydrogens is 310 g/mol. The molecule has 2 saturated heterocycles. The highest BCUT2D eigenvalue weighted by Gasteiger charge is 2.37. The van der Waals surface area contributed by atoms with Gasteiger partial charge in [0.15, 0.2) is 11.6 Å². The van der Waals surface area contributed by atoms with Crippen molar-refractivity contribution in [1.29, 1.82) is 0 Å². The van der Waals surface area contributed by atoms with Crippen molar-refractivity contribution in [2.24, 2.45) is 5.92 Å². The van der Waals surface area contributed by atoms with E-state index in [9.17, 15) is 18.4 Å². The Morgan fingerprint density at radius 3 is 2.87 bits per heavy atom. The predicted octanol–water partition coefficient (Wildman–Crippen LogP) is 0.560. The summed E-state index contributed by atoms with van der Waals surface area (Å²) in [6.07, 6.45) is 0. The van der Waals surface area contributed by atoms with Crippen molar-refractivity contribution in [2.45, 2.75) is 6.04 Å². The number of benzene rings is 1. The molecule has 2 heterocycles. The van der Waals surface area contributed by atoms with Gasteiger partial charge in [0.2, 0.25) is 5.91 Å². The number of hydrogen-bond acceptors (Lipinski definition) is 4. The first-order chi connectivity index (χ1) is 11.0. The summed E-state index contributed by atoms with van der Waals surface area (Å²) < 4.78 is 38.0. The highest BCUT2D eigenvalue weighted by atomic mass is 19.2. The van der Waals surface area contributed by atoms with Gasteiger partial charge in [-0.05, 0) is 12.1 Å². The molecule has 2 fully saturated rings. The average Bonchev–Trinajstić information content (AvgIpc) is 2.77. The van der Waals surface area contributed by atoms with Crippen molar-refractivity contribution < 1.29 is 27.8 Å². The van der Waals surface area contributed by atoms with Gasteiger partial charge < -0.3 is 19.7 Å². The van der Waals surface area contributed by atoms with Crippen LogP contribution >= 0.6 is 0 Å². The molecule has 0 spiro atoms. The summed E-state index contributed by atoms with van der Waals surface area (Å²) in [6.45, 7) is 0.712. The van der Waals surface area contributed by atoms with Crippen LogP contribution in [0.5, 0.6) is 5.75 Å². The van der Waals surface area contributed by atoms with E-state index >= 15 is 0 Å². The lowest BCUT2D eigenvalue weighted by Crippen LogP contribution is -2.44. The van der Waals surface area contributed by atoms with Crippen molar-refractivity contribution in [1.82, 2.24) is 10.2 Å². The molecule has 23 heavy (non-hydrogen) atoms. The number of fused-ring (bicyclic) bond motifs is 3. The highest BCUT2D eigenvalue weighted by molar-refractivity contribution is 5.98. The molecule has 0 unspecified atom stereocenters. The number of nitrogens with one attached hydrogen (secondary N) is 1. The van der Waals surface area contributed by atoms with Gasteiger partial charge >= 0.3 is 0 Å². The third-order valence-electron chi connectivity index (χ3n) is 4.01. The van der Waals surface area contributed by atoms with Gasteiger partial charge in [-0.3, -0.25) is 9.59 Å². The molecule has 1 aromatic carbocycles. The molecule has 6 nitrogen and oxygen atoms in total. The zero-order valence-electron chi connectivity index (χ0n) is 12.5. The van der Waals surface area contributed by atoms with Crippen LogP contribution in [0.2, 0.25) is 0 Å². The number of hydrogen-bond donors (Lipinski definition) is 1. The molecule has 2 aliphatic rings. The van der Waals surface area contributed by atoms with Gasteiger partial charge in [0, 0.05) is 13.1 Å². The molecular formula is C15H16F2N2O4. The first kappa shape index (κ1) is 15.7. The Morgan fingerprint density at radius 2 is 2.13 bits per heavy atom. The molecule has 2 bridgehead atoms. The monoisotopic (exact) mass is 326 g/mol. The van der Waals surface area contributed by atoms with Crippen LogP contribution in [0.3, 0.4) is 0 Å². The lowest BCUT2D eigenvalue weighted by Gasteiger charge is -2.28. The lowest BCUT2D eigenvalue weighted by atomic mass is 10.1. The number of carbonyl (C=O) groups excluding carboxylic acids is 2. The number of rotatable bonds is 2. The van der Waals surface area contributed by atoms with Crippen LogP contribution in [-0.4, -0.2) is 56.2 Å². The molecule has 3 rings (SSSR count). The highest BCUT2D eigenvalue weighted by Crippen LogP contribution is 2.26. The van der Waals surface area contributed by atoms with Crippen molar-refractivity contribution >= 4 is 11.8 Å². The van der Waals surface area contributed by atoms with Gasteiger partial charge in [-0.15, -0.1) is 0 Å². The van der Waals surface area contributed by atoms with E-state index in [2.05, 4.69) is 5.32 Å². The van der Waals surface area contributed by atoms with Gasteiger partial charge in [-0.2, -0.15) is 0 Å². The maximum Gasteiger partial charge on any atom is 0.260 e. The van der Waals surface area contributed by atoms with Crippen LogP contribution < -0.4 is 10.1 Å². The molecule has 1 N–H and O–H groups in total. The van der Waals surface area contributed by atoms with Crippen LogP contribution in [0.1, 0.15) is 10.4 Å². The summed E-state index contributed by atoms with van der Waals surface area (Å²) >= 11 is 0. The van der Waals surface area contributed by atoms with Crippen LogP contribution in [0, 0.1) is 17.6 Å². The van der Waals surface area contributed by atoms with Crippen molar-refractivity contribution in [3.8, 4) is 5.75 Å². The number of nitrogens with zero attached hydrogens (tertiary/aromatic N) is 1. The van der Waals surface area contributed by atoms with Gasteiger partial charge in [-0.1, -0.05) is 0 Å². The zero-order valence-corrected chi connectivity index (χ0v) is 12.5. The van der Waals surface area contributed by atoms with Crippen LogP contribution in [0.25, 0.3) is 0 Å². The standard InChI is InChI=1S/C15H16F2N2O4/c1-22-11-3-2-10(16)13(17)12(11)15(21)19-4-8-6-23-7-9(5-19)18-14(8)20/h2-3,8-9H,4-7H2,1H3,(H,18,20)/t8-,9+/m1/s1. The second-order valence-corrected chi connectivity index (χ2v) is 5.59. The van der Waals surface area contributed by atoms with E-state index in [1.54, 1.807) is 0 Å². The molecule has 2 atom stereocenters. The summed E-state index contributed by atoms with van der Waals surface area (Å²) in [4.78, 5) is 26.0. The number of ether oxygens (including phenoxy) is 2. The minimum Gasteiger partial charge on any atom is -0.496 e. The van der Waals surface area contributed by atoms with E-state index in [1.807, 2.05) is 0 Å². The van der Waals surface area contributed by atoms with Crippen LogP contribution in [-0.2, 0) is 9.53 Å². The van der Waals surface area contributed by atoms with Gasteiger partial charge in [-0.25, -0.2) is 8.78 Å². The van der Waals surface area contributed by atoms with Gasteiger partial charge in [0.25, 0.3) is 5.91 Å². The smallest absolute Gasteiger partial charge is 0.260 e. The molecule has 0 radical (unpaired) electrons. The second-order valence-electron chi connectivity index (χ2n) is 5.59. The minimum atomic E-state index is -1.25. The van der Waals surface area contributed by atoms with E-state index in [1.165, 1.54) is 18.1 Å². The average molecular weight is 326 g/mol. The van der Waals surface area contributed by atoms with E-state index in [4.69, 9.17) is 9.47 Å². The normalized spacial score (nSPS) is 24.0. The van der Waals surface area contributed by atoms with E-state index in [0.29, 0.717) is 0 Å². The summed E-state index contributed by atoms with van der Waals surface area (Å²) in [5.41, 5.74) is -0.458. The maximum atomic E-state index is 14.1. The Bertz CT molecular complexity index is 653. The Morgan fingerprint density at radius 1 is 1.35 bits per heavy atom. The largest absolute Gasteiger partial charge is 0.496 e. The molecule has 0 aromatic heterocycles. The number of halogens is 2. The summed E-state index contributed by atoms with van der Waals surface area (Å²) in [7, 11) is 1.28. The SMILES string of the molecule is COc1ccc(F)c(F)c1C(=O)N1C[C@H]2COC[C@@H](C1)C(=O)N2. The molecule has 124 valence electrons. The summed E-state index contributed by atoms with van der Waals surface area (Å²) in [6, 6.07) is 1.74.